The van der Waals surface area contributed by atoms with Crippen LogP contribution in [0.1, 0.15) is 22.5 Å². The Morgan fingerprint density at radius 2 is 1.97 bits per heavy atom. The average Bonchev–Trinajstić information content (AvgIpc) is 2.78. The van der Waals surface area contributed by atoms with Gasteiger partial charge in [0.05, 0.1) is 12.1 Å². The van der Waals surface area contributed by atoms with Crippen LogP contribution in [0.3, 0.4) is 0 Å². The number of carbonyl (C=O) groups is 1. The summed E-state index contributed by atoms with van der Waals surface area (Å²) >= 11 is 0. The first-order valence-corrected chi connectivity index (χ1v) is 9.80. The summed E-state index contributed by atoms with van der Waals surface area (Å²) < 4.78 is 26.7. The molecule has 0 bridgehead atoms. The van der Waals surface area contributed by atoms with E-state index in [0.29, 0.717) is 51.7 Å². The topological polar surface area (TPSA) is 94.7 Å². The highest BCUT2D eigenvalue weighted by Crippen LogP contribution is 2.37. The molecule has 6 nitrogen and oxygen atoms in total. The van der Waals surface area contributed by atoms with Crippen molar-refractivity contribution in [1.82, 2.24) is 4.98 Å². The van der Waals surface area contributed by atoms with Crippen molar-refractivity contribution in [2.45, 2.75) is 19.6 Å². The normalized spacial score (nSPS) is 12.2. The number of nitrogens with two attached hydrogens (primary N) is 1. The molecule has 0 spiro atoms. The summed E-state index contributed by atoms with van der Waals surface area (Å²) in [5, 5.41) is 9.11. The average molecular weight is 420 g/mol. The molecule has 31 heavy (non-hydrogen) atoms. The molecule has 7 heteroatoms. The van der Waals surface area contributed by atoms with Crippen molar-refractivity contribution in [3.63, 3.8) is 0 Å². The van der Waals surface area contributed by atoms with Crippen LogP contribution in [0.15, 0.2) is 54.6 Å². The van der Waals surface area contributed by atoms with E-state index in [9.17, 15) is 4.79 Å². The second kappa shape index (κ2) is 8.97. The van der Waals surface area contributed by atoms with Gasteiger partial charge in [-0.2, -0.15) is 0 Å². The Bertz CT molecular complexity index is 1160. The molecule has 0 amide bonds. The van der Waals surface area contributed by atoms with E-state index in [0.717, 1.165) is 0 Å². The Kier molecular flexibility index (Phi) is 5.95. The maximum atomic E-state index is 15.0. The molecule has 1 aliphatic heterocycles. The predicted molar refractivity (Wildman–Crippen MR) is 114 cm³/mol. The number of carboxylic acids is 1. The number of fused-ring (bicyclic) bond motifs is 1. The lowest BCUT2D eigenvalue weighted by Crippen LogP contribution is -2.09. The van der Waals surface area contributed by atoms with E-state index in [1.807, 2.05) is 12.2 Å². The zero-order valence-corrected chi connectivity index (χ0v) is 16.7. The molecule has 1 aromatic heterocycles. The Balaban J connectivity index is 1.71. The third kappa shape index (κ3) is 4.41. The van der Waals surface area contributed by atoms with Crippen molar-refractivity contribution in [3.8, 4) is 22.6 Å². The van der Waals surface area contributed by atoms with Crippen LogP contribution in [0.4, 0.5) is 4.39 Å². The lowest BCUT2D eigenvalue weighted by molar-refractivity contribution is -0.136. The van der Waals surface area contributed by atoms with Gasteiger partial charge in [-0.15, -0.1) is 0 Å². The number of carboxylic acid groups (broad SMARTS) is 1. The van der Waals surface area contributed by atoms with Gasteiger partial charge < -0.3 is 20.3 Å². The zero-order chi connectivity index (χ0) is 21.8. The molecule has 2 heterocycles. The SMILES string of the molecule is NCc1cccc(-c2cc(COc3ccccc3CC(=O)O)nc3c2OCC=C3)c1F. The monoisotopic (exact) mass is 420 g/mol. The van der Waals surface area contributed by atoms with Gasteiger partial charge in [-0.05, 0) is 24.3 Å². The van der Waals surface area contributed by atoms with Gasteiger partial charge in [-0.25, -0.2) is 9.37 Å². The van der Waals surface area contributed by atoms with Crippen molar-refractivity contribution in [3.05, 3.63) is 82.9 Å². The van der Waals surface area contributed by atoms with Crippen molar-refractivity contribution in [2.24, 2.45) is 5.73 Å². The first kappa shape index (κ1) is 20.6. The van der Waals surface area contributed by atoms with Crippen molar-refractivity contribution < 1.29 is 23.8 Å². The quantitative estimate of drug-likeness (QED) is 0.601. The molecule has 0 radical (unpaired) electrons. The molecule has 0 atom stereocenters. The minimum absolute atomic E-state index is 0.0863. The van der Waals surface area contributed by atoms with Gasteiger partial charge in [0.2, 0.25) is 0 Å². The van der Waals surface area contributed by atoms with Crippen molar-refractivity contribution >= 4 is 12.0 Å². The fraction of sp³-hybridized carbons (Fsp3) is 0.167. The van der Waals surface area contributed by atoms with E-state index in [-0.39, 0.29) is 19.6 Å². The largest absolute Gasteiger partial charge is 0.487 e. The molecule has 0 fully saturated rings. The first-order chi connectivity index (χ1) is 15.1. The highest BCUT2D eigenvalue weighted by Gasteiger charge is 2.20. The molecular formula is C24H21FN2O4. The Hall–Kier alpha value is -3.71. The molecule has 158 valence electrons. The molecule has 4 rings (SSSR count). The maximum Gasteiger partial charge on any atom is 0.307 e. The van der Waals surface area contributed by atoms with E-state index >= 15 is 4.39 Å². The van der Waals surface area contributed by atoms with E-state index in [4.69, 9.17) is 20.3 Å². The van der Waals surface area contributed by atoms with Crippen LogP contribution in [0, 0.1) is 5.82 Å². The van der Waals surface area contributed by atoms with Gasteiger partial charge in [0.15, 0.2) is 5.75 Å². The van der Waals surface area contributed by atoms with Crippen LogP contribution >= 0.6 is 0 Å². The van der Waals surface area contributed by atoms with Crippen LogP contribution < -0.4 is 15.2 Å². The minimum atomic E-state index is -0.942. The van der Waals surface area contributed by atoms with Crippen LogP contribution in [-0.2, 0) is 24.4 Å². The van der Waals surface area contributed by atoms with Gasteiger partial charge in [0.1, 0.15) is 30.5 Å². The molecule has 3 aromatic rings. The molecule has 0 saturated carbocycles. The number of nitrogens with zero attached hydrogens (tertiary/aromatic N) is 1. The summed E-state index contributed by atoms with van der Waals surface area (Å²) in [6.07, 6.45) is 3.51. The summed E-state index contributed by atoms with van der Waals surface area (Å²) in [5.74, 6) is -0.363. The number of hydrogen-bond acceptors (Lipinski definition) is 5. The van der Waals surface area contributed by atoms with Gasteiger partial charge in [0.25, 0.3) is 0 Å². The summed E-state index contributed by atoms with van der Waals surface area (Å²) in [6, 6.07) is 13.8. The highest BCUT2D eigenvalue weighted by molar-refractivity contribution is 5.77. The van der Waals surface area contributed by atoms with Crippen LogP contribution in [0.2, 0.25) is 0 Å². The standard InChI is InChI=1S/C24H21FN2O4/c25-23-16(13-26)6-3-7-18(23)19-12-17(27-20-8-4-10-30-24(19)20)14-31-21-9-2-1-5-15(21)11-22(28)29/h1-9,12H,10-11,13-14,26H2,(H,28,29). The lowest BCUT2D eigenvalue weighted by atomic mass is 9.99. The number of pyridine rings is 1. The van der Waals surface area contributed by atoms with E-state index < -0.39 is 11.8 Å². The third-order valence-electron chi connectivity index (χ3n) is 4.93. The van der Waals surface area contributed by atoms with Gasteiger partial charge in [-0.1, -0.05) is 36.4 Å². The van der Waals surface area contributed by atoms with Crippen LogP contribution in [0.25, 0.3) is 17.2 Å². The van der Waals surface area contributed by atoms with E-state index in [1.165, 1.54) is 0 Å². The molecule has 0 saturated heterocycles. The summed E-state index contributed by atoms with van der Waals surface area (Å²) in [4.78, 5) is 15.7. The third-order valence-corrected chi connectivity index (χ3v) is 4.93. The number of benzene rings is 2. The Labute approximate surface area is 178 Å². The summed E-state index contributed by atoms with van der Waals surface area (Å²) in [7, 11) is 0. The first-order valence-electron chi connectivity index (χ1n) is 9.80. The second-order valence-electron chi connectivity index (χ2n) is 7.04. The van der Waals surface area contributed by atoms with Gasteiger partial charge in [-0.3, -0.25) is 4.79 Å². The highest BCUT2D eigenvalue weighted by atomic mass is 19.1. The van der Waals surface area contributed by atoms with Gasteiger partial charge in [0, 0.05) is 28.8 Å². The molecule has 0 aliphatic carbocycles. The predicted octanol–water partition coefficient (Wildman–Crippen LogP) is 3.96. The number of rotatable bonds is 7. The number of halogens is 1. The minimum Gasteiger partial charge on any atom is -0.487 e. The summed E-state index contributed by atoms with van der Waals surface area (Å²) in [5.41, 5.74) is 8.74. The van der Waals surface area contributed by atoms with Crippen molar-refractivity contribution in [1.29, 1.82) is 0 Å². The molecular weight excluding hydrogens is 399 g/mol. The fourth-order valence-electron chi connectivity index (χ4n) is 3.49. The molecule has 2 aromatic carbocycles. The van der Waals surface area contributed by atoms with Crippen LogP contribution in [-0.4, -0.2) is 22.7 Å². The van der Waals surface area contributed by atoms with E-state index in [2.05, 4.69) is 4.98 Å². The zero-order valence-electron chi connectivity index (χ0n) is 16.7. The second-order valence-corrected chi connectivity index (χ2v) is 7.04. The number of ether oxygens (including phenoxy) is 2. The van der Waals surface area contributed by atoms with E-state index in [1.54, 1.807) is 48.5 Å². The van der Waals surface area contributed by atoms with Gasteiger partial charge >= 0.3 is 5.97 Å². The fourth-order valence-corrected chi connectivity index (χ4v) is 3.49. The number of para-hydroxylation sites is 1. The molecule has 3 N–H and O–H groups in total. The number of aliphatic carboxylic acids is 1. The maximum absolute atomic E-state index is 15.0. The Morgan fingerprint density at radius 1 is 1.16 bits per heavy atom. The summed E-state index contributed by atoms with van der Waals surface area (Å²) in [6.45, 7) is 0.547. The van der Waals surface area contributed by atoms with Crippen LogP contribution in [0.5, 0.6) is 11.5 Å². The molecule has 1 aliphatic rings. The number of aromatic nitrogens is 1. The lowest BCUT2D eigenvalue weighted by Gasteiger charge is -2.19. The van der Waals surface area contributed by atoms with Crippen molar-refractivity contribution in [2.75, 3.05) is 6.61 Å². The molecule has 0 unspecified atom stereocenters. The number of hydrogen-bond donors (Lipinski definition) is 2. The Morgan fingerprint density at radius 3 is 2.77 bits per heavy atom. The smallest absolute Gasteiger partial charge is 0.307 e.